The fourth-order valence-corrected chi connectivity index (χ4v) is 3.22. The number of anilines is 1. The number of aromatic nitrogens is 1. The van der Waals surface area contributed by atoms with Crippen molar-refractivity contribution in [2.24, 2.45) is 0 Å². The molecule has 0 bridgehead atoms. The number of hydrogen-bond acceptors (Lipinski definition) is 3. The molecule has 0 unspecified atom stereocenters. The van der Waals surface area contributed by atoms with Gasteiger partial charge in [-0.3, -0.25) is 4.79 Å². The first kappa shape index (κ1) is 14.6. The van der Waals surface area contributed by atoms with Crippen LogP contribution in [0.4, 0.5) is 5.82 Å². The van der Waals surface area contributed by atoms with Crippen LogP contribution in [0.3, 0.4) is 0 Å². The van der Waals surface area contributed by atoms with E-state index in [-0.39, 0.29) is 5.91 Å². The number of benzene rings is 1. The highest BCUT2D eigenvalue weighted by molar-refractivity contribution is 5.94. The quantitative estimate of drug-likeness (QED) is 0.926. The number of nitrogen functional groups attached to an aromatic ring is 1. The Balaban J connectivity index is 1.78. The highest BCUT2D eigenvalue weighted by Crippen LogP contribution is 2.29. The SMILES string of the molecule is Cc1ccccc1[C@H]1CCCN(C(=O)c2ccnc(N)c2)C1. The monoisotopic (exact) mass is 295 g/mol. The van der Waals surface area contributed by atoms with E-state index in [9.17, 15) is 4.79 Å². The van der Waals surface area contributed by atoms with Crippen molar-refractivity contribution >= 4 is 11.7 Å². The second-order valence-electron chi connectivity index (χ2n) is 5.92. The van der Waals surface area contributed by atoms with Gasteiger partial charge in [0.1, 0.15) is 5.82 Å². The minimum Gasteiger partial charge on any atom is -0.384 e. The van der Waals surface area contributed by atoms with E-state index in [0.717, 1.165) is 25.9 Å². The fourth-order valence-electron chi connectivity index (χ4n) is 3.22. The van der Waals surface area contributed by atoms with Crippen LogP contribution in [0, 0.1) is 6.92 Å². The molecule has 1 aliphatic heterocycles. The predicted octanol–water partition coefficient (Wildman–Crippen LogP) is 2.99. The van der Waals surface area contributed by atoms with E-state index in [1.165, 1.54) is 11.1 Å². The summed E-state index contributed by atoms with van der Waals surface area (Å²) in [7, 11) is 0. The molecular formula is C18H21N3O. The van der Waals surface area contributed by atoms with Crippen molar-refractivity contribution in [3.8, 4) is 0 Å². The molecule has 1 aromatic heterocycles. The average Bonchev–Trinajstić information content (AvgIpc) is 2.55. The number of likely N-dealkylation sites (tertiary alicyclic amines) is 1. The van der Waals surface area contributed by atoms with E-state index < -0.39 is 0 Å². The van der Waals surface area contributed by atoms with Crippen LogP contribution in [0.25, 0.3) is 0 Å². The molecule has 1 saturated heterocycles. The number of aryl methyl sites for hydroxylation is 1. The van der Waals surface area contributed by atoms with Gasteiger partial charge in [-0.1, -0.05) is 24.3 Å². The molecule has 0 spiro atoms. The van der Waals surface area contributed by atoms with E-state index in [1.54, 1.807) is 18.3 Å². The number of rotatable bonds is 2. The molecule has 114 valence electrons. The Hall–Kier alpha value is -2.36. The number of carbonyl (C=O) groups excluding carboxylic acids is 1. The number of hydrogen-bond donors (Lipinski definition) is 1. The summed E-state index contributed by atoms with van der Waals surface area (Å²) < 4.78 is 0. The molecule has 1 atom stereocenters. The Labute approximate surface area is 131 Å². The third-order valence-electron chi connectivity index (χ3n) is 4.36. The van der Waals surface area contributed by atoms with Gasteiger partial charge in [-0.15, -0.1) is 0 Å². The molecule has 0 radical (unpaired) electrons. The Bertz CT molecular complexity index is 684. The lowest BCUT2D eigenvalue weighted by atomic mass is 9.88. The minimum atomic E-state index is 0.0485. The second kappa shape index (κ2) is 6.18. The van der Waals surface area contributed by atoms with E-state index in [2.05, 4.69) is 36.2 Å². The molecule has 1 amide bonds. The van der Waals surface area contributed by atoms with E-state index in [4.69, 9.17) is 5.73 Å². The van der Waals surface area contributed by atoms with Crippen LogP contribution in [0.2, 0.25) is 0 Å². The van der Waals surface area contributed by atoms with Gasteiger partial charge < -0.3 is 10.6 Å². The lowest BCUT2D eigenvalue weighted by Crippen LogP contribution is -2.39. The molecule has 1 aliphatic rings. The summed E-state index contributed by atoms with van der Waals surface area (Å²) in [6.45, 7) is 3.72. The van der Waals surface area contributed by atoms with Gasteiger partial charge in [0.15, 0.2) is 0 Å². The third kappa shape index (κ3) is 2.96. The van der Waals surface area contributed by atoms with Crippen LogP contribution < -0.4 is 5.73 Å². The smallest absolute Gasteiger partial charge is 0.254 e. The zero-order valence-corrected chi connectivity index (χ0v) is 12.8. The van der Waals surface area contributed by atoms with Crippen molar-refractivity contribution < 1.29 is 4.79 Å². The molecule has 2 heterocycles. The Kier molecular flexibility index (Phi) is 4.09. The topological polar surface area (TPSA) is 59.2 Å². The minimum absolute atomic E-state index is 0.0485. The summed E-state index contributed by atoms with van der Waals surface area (Å²) in [5.41, 5.74) is 8.96. The zero-order valence-electron chi connectivity index (χ0n) is 12.8. The fraction of sp³-hybridized carbons (Fsp3) is 0.333. The van der Waals surface area contributed by atoms with Gasteiger partial charge in [0.25, 0.3) is 5.91 Å². The van der Waals surface area contributed by atoms with Crippen molar-refractivity contribution in [2.45, 2.75) is 25.7 Å². The third-order valence-corrected chi connectivity index (χ3v) is 4.36. The maximum atomic E-state index is 12.7. The van der Waals surface area contributed by atoms with Crippen LogP contribution in [-0.2, 0) is 0 Å². The van der Waals surface area contributed by atoms with Gasteiger partial charge in [0, 0.05) is 30.8 Å². The molecule has 4 heteroatoms. The summed E-state index contributed by atoms with van der Waals surface area (Å²) in [6, 6.07) is 11.8. The highest BCUT2D eigenvalue weighted by atomic mass is 16.2. The molecule has 2 N–H and O–H groups in total. The maximum Gasteiger partial charge on any atom is 0.254 e. The number of amides is 1. The van der Waals surface area contributed by atoms with Crippen LogP contribution in [0.1, 0.15) is 40.2 Å². The van der Waals surface area contributed by atoms with Crippen LogP contribution in [-0.4, -0.2) is 28.9 Å². The molecule has 4 nitrogen and oxygen atoms in total. The normalized spacial score (nSPS) is 18.2. The average molecular weight is 295 g/mol. The van der Waals surface area contributed by atoms with Crippen molar-refractivity contribution in [1.82, 2.24) is 9.88 Å². The Morgan fingerprint density at radius 1 is 1.32 bits per heavy atom. The second-order valence-corrected chi connectivity index (χ2v) is 5.92. The Morgan fingerprint density at radius 3 is 2.91 bits per heavy atom. The molecule has 22 heavy (non-hydrogen) atoms. The van der Waals surface area contributed by atoms with Crippen molar-refractivity contribution in [2.75, 3.05) is 18.8 Å². The lowest BCUT2D eigenvalue weighted by molar-refractivity contribution is 0.0707. The van der Waals surface area contributed by atoms with Gasteiger partial charge in [-0.25, -0.2) is 4.98 Å². The molecule has 1 aromatic carbocycles. The van der Waals surface area contributed by atoms with Crippen LogP contribution >= 0.6 is 0 Å². The highest BCUT2D eigenvalue weighted by Gasteiger charge is 2.26. The molecular weight excluding hydrogens is 274 g/mol. The number of pyridine rings is 1. The molecule has 3 rings (SSSR count). The van der Waals surface area contributed by atoms with Gasteiger partial charge in [0.2, 0.25) is 0 Å². The van der Waals surface area contributed by atoms with Crippen molar-refractivity contribution in [3.63, 3.8) is 0 Å². The van der Waals surface area contributed by atoms with E-state index in [1.807, 2.05) is 4.90 Å². The van der Waals surface area contributed by atoms with E-state index in [0.29, 0.717) is 17.3 Å². The summed E-state index contributed by atoms with van der Waals surface area (Å²) in [6.07, 6.45) is 3.75. The molecule has 2 aromatic rings. The van der Waals surface area contributed by atoms with Crippen LogP contribution in [0.5, 0.6) is 0 Å². The largest absolute Gasteiger partial charge is 0.384 e. The van der Waals surface area contributed by atoms with E-state index >= 15 is 0 Å². The summed E-state index contributed by atoms with van der Waals surface area (Å²) in [4.78, 5) is 18.5. The molecule has 1 fully saturated rings. The number of piperidine rings is 1. The number of nitrogens with two attached hydrogens (primary N) is 1. The number of nitrogens with zero attached hydrogens (tertiary/aromatic N) is 2. The summed E-state index contributed by atoms with van der Waals surface area (Å²) >= 11 is 0. The summed E-state index contributed by atoms with van der Waals surface area (Å²) in [5, 5.41) is 0. The summed E-state index contributed by atoms with van der Waals surface area (Å²) in [5.74, 6) is 0.851. The predicted molar refractivity (Wildman–Crippen MR) is 87.7 cm³/mol. The Morgan fingerprint density at radius 2 is 2.14 bits per heavy atom. The van der Waals surface area contributed by atoms with Crippen molar-refractivity contribution in [1.29, 1.82) is 0 Å². The van der Waals surface area contributed by atoms with Gasteiger partial charge in [0.05, 0.1) is 0 Å². The van der Waals surface area contributed by atoms with Gasteiger partial charge in [-0.2, -0.15) is 0 Å². The standard InChI is InChI=1S/C18H21N3O/c1-13-5-2-3-7-16(13)15-6-4-10-21(12-15)18(22)14-8-9-20-17(19)11-14/h2-3,5,7-9,11,15H,4,6,10,12H2,1H3,(H2,19,20)/t15-/m0/s1. The molecule has 0 aliphatic carbocycles. The first-order valence-electron chi connectivity index (χ1n) is 7.71. The zero-order chi connectivity index (χ0) is 15.5. The molecule has 0 saturated carbocycles. The van der Waals surface area contributed by atoms with Crippen molar-refractivity contribution in [3.05, 3.63) is 59.3 Å². The first-order chi connectivity index (χ1) is 10.6. The van der Waals surface area contributed by atoms with Crippen LogP contribution in [0.15, 0.2) is 42.6 Å². The maximum absolute atomic E-state index is 12.7. The van der Waals surface area contributed by atoms with Gasteiger partial charge >= 0.3 is 0 Å². The number of carbonyl (C=O) groups is 1. The van der Waals surface area contributed by atoms with Gasteiger partial charge in [-0.05, 0) is 43.0 Å². The first-order valence-corrected chi connectivity index (χ1v) is 7.71. The lowest BCUT2D eigenvalue weighted by Gasteiger charge is -2.33.